The number of ether oxygens (including phenoxy) is 1. The molecule has 1 atom stereocenters. The third kappa shape index (κ3) is 3.05. The molecule has 0 saturated carbocycles. The predicted molar refractivity (Wildman–Crippen MR) is 82.4 cm³/mol. The molecule has 1 N–H and O–H groups in total. The van der Waals surface area contributed by atoms with Crippen LogP contribution < -0.4 is 10.1 Å². The standard InChI is InChI=1S/C17H21N3O/c1-2-9-19-16(15-8-10-18-12-20-15)14-7-3-5-13-6-4-11-21-17(13)14/h3,5,7-8,10,12,16,19H,2,4,6,9,11H2,1H3. The number of aromatic nitrogens is 2. The van der Waals surface area contributed by atoms with Crippen molar-refractivity contribution in [3.05, 3.63) is 53.6 Å². The van der Waals surface area contributed by atoms with Gasteiger partial charge in [0.05, 0.1) is 18.3 Å². The van der Waals surface area contributed by atoms with E-state index in [4.69, 9.17) is 4.74 Å². The van der Waals surface area contributed by atoms with Crippen LogP contribution in [-0.2, 0) is 6.42 Å². The summed E-state index contributed by atoms with van der Waals surface area (Å²) in [7, 11) is 0. The lowest BCUT2D eigenvalue weighted by atomic mass is 9.96. The molecule has 0 fully saturated rings. The lowest BCUT2D eigenvalue weighted by Crippen LogP contribution is -2.25. The van der Waals surface area contributed by atoms with Crippen molar-refractivity contribution in [3.63, 3.8) is 0 Å². The Morgan fingerprint density at radius 3 is 3.10 bits per heavy atom. The summed E-state index contributed by atoms with van der Waals surface area (Å²) >= 11 is 0. The van der Waals surface area contributed by atoms with E-state index in [-0.39, 0.29) is 6.04 Å². The van der Waals surface area contributed by atoms with E-state index in [2.05, 4.69) is 40.4 Å². The second kappa shape index (κ2) is 6.68. The Bertz CT molecular complexity index is 586. The predicted octanol–water partition coefficient (Wildman–Crippen LogP) is 2.89. The van der Waals surface area contributed by atoms with Crippen molar-refractivity contribution < 1.29 is 4.74 Å². The first-order valence-corrected chi connectivity index (χ1v) is 7.64. The Morgan fingerprint density at radius 1 is 1.33 bits per heavy atom. The van der Waals surface area contributed by atoms with Crippen LogP contribution in [0.2, 0.25) is 0 Å². The van der Waals surface area contributed by atoms with Gasteiger partial charge in [0.2, 0.25) is 0 Å². The van der Waals surface area contributed by atoms with E-state index in [1.54, 1.807) is 12.5 Å². The maximum absolute atomic E-state index is 5.95. The molecule has 0 amide bonds. The number of nitrogens with one attached hydrogen (secondary N) is 1. The van der Waals surface area contributed by atoms with Gasteiger partial charge < -0.3 is 10.1 Å². The Labute approximate surface area is 125 Å². The van der Waals surface area contributed by atoms with E-state index in [0.717, 1.165) is 43.9 Å². The molecule has 0 spiro atoms. The Kier molecular flexibility index (Phi) is 4.46. The number of para-hydroxylation sites is 1. The molecular formula is C17H21N3O. The van der Waals surface area contributed by atoms with E-state index in [1.807, 2.05) is 6.07 Å². The van der Waals surface area contributed by atoms with Crippen molar-refractivity contribution in [2.24, 2.45) is 0 Å². The zero-order valence-corrected chi connectivity index (χ0v) is 12.4. The summed E-state index contributed by atoms with van der Waals surface area (Å²) in [6.07, 6.45) is 6.66. The van der Waals surface area contributed by atoms with E-state index < -0.39 is 0 Å². The minimum atomic E-state index is 0.0565. The molecule has 1 aliphatic heterocycles. The fourth-order valence-corrected chi connectivity index (χ4v) is 2.78. The zero-order valence-electron chi connectivity index (χ0n) is 12.4. The highest BCUT2D eigenvalue weighted by molar-refractivity contribution is 5.46. The van der Waals surface area contributed by atoms with E-state index in [1.165, 1.54) is 11.1 Å². The Hall–Kier alpha value is -1.94. The third-order valence-corrected chi connectivity index (χ3v) is 3.77. The van der Waals surface area contributed by atoms with Crippen molar-refractivity contribution in [1.82, 2.24) is 15.3 Å². The minimum absolute atomic E-state index is 0.0565. The monoisotopic (exact) mass is 283 g/mol. The second-order valence-corrected chi connectivity index (χ2v) is 5.31. The van der Waals surface area contributed by atoms with Gasteiger partial charge in [-0.3, -0.25) is 0 Å². The first-order valence-electron chi connectivity index (χ1n) is 7.64. The average Bonchev–Trinajstić information content (AvgIpc) is 2.56. The molecule has 0 saturated heterocycles. The van der Waals surface area contributed by atoms with Crippen LogP contribution in [0.15, 0.2) is 36.8 Å². The van der Waals surface area contributed by atoms with Gasteiger partial charge in [0, 0.05) is 11.8 Å². The summed E-state index contributed by atoms with van der Waals surface area (Å²) < 4.78 is 5.95. The van der Waals surface area contributed by atoms with Crippen LogP contribution in [0.25, 0.3) is 0 Å². The van der Waals surface area contributed by atoms with E-state index in [9.17, 15) is 0 Å². The summed E-state index contributed by atoms with van der Waals surface area (Å²) in [4.78, 5) is 8.45. The molecule has 1 aromatic carbocycles. The van der Waals surface area contributed by atoms with Crippen molar-refractivity contribution in [2.75, 3.05) is 13.2 Å². The van der Waals surface area contributed by atoms with Crippen LogP contribution in [0.3, 0.4) is 0 Å². The van der Waals surface area contributed by atoms with E-state index >= 15 is 0 Å². The quantitative estimate of drug-likeness (QED) is 0.916. The molecule has 4 nitrogen and oxygen atoms in total. The zero-order chi connectivity index (χ0) is 14.5. The van der Waals surface area contributed by atoms with Crippen LogP contribution in [0.5, 0.6) is 5.75 Å². The minimum Gasteiger partial charge on any atom is -0.493 e. The van der Waals surface area contributed by atoms with Crippen molar-refractivity contribution in [2.45, 2.75) is 32.2 Å². The van der Waals surface area contributed by atoms with Gasteiger partial charge in [-0.15, -0.1) is 0 Å². The first kappa shape index (κ1) is 14.0. The maximum Gasteiger partial charge on any atom is 0.127 e. The highest BCUT2D eigenvalue weighted by Crippen LogP contribution is 2.35. The number of nitrogens with zero attached hydrogens (tertiary/aromatic N) is 2. The van der Waals surface area contributed by atoms with Crippen molar-refractivity contribution >= 4 is 0 Å². The Balaban J connectivity index is 2.00. The second-order valence-electron chi connectivity index (χ2n) is 5.31. The van der Waals surface area contributed by atoms with E-state index in [0.29, 0.717) is 0 Å². The van der Waals surface area contributed by atoms with Gasteiger partial charge in [-0.2, -0.15) is 0 Å². The lowest BCUT2D eigenvalue weighted by Gasteiger charge is -2.25. The number of rotatable bonds is 5. The fourth-order valence-electron chi connectivity index (χ4n) is 2.78. The number of hydrogen-bond acceptors (Lipinski definition) is 4. The van der Waals surface area contributed by atoms with Gasteiger partial charge >= 0.3 is 0 Å². The largest absolute Gasteiger partial charge is 0.493 e. The smallest absolute Gasteiger partial charge is 0.127 e. The number of hydrogen-bond donors (Lipinski definition) is 1. The molecule has 0 aliphatic carbocycles. The summed E-state index contributed by atoms with van der Waals surface area (Å²) in [5.74, 6) is 1.04. The molecule has 3 rings (SSSR count). The van der Waals surface area contributed by atoms with Gasteiger partial charge in [0.1, 0.15) is 12.1 Å². The summed E-state index contributed by atoms with van der Waals surface area (Å²) in [5.41, 5.74) is 3.47. The van der Waals surface area contributed by atoms with Gasteiger partial charge in [0.25, 0.3) is 0 Å². The summed E-state index contributed by atoms with van der Waals surface area (Å²) in [6, 6.07) is 8.44. The van der Waals surface area contributed by atoms with Crippen LogP contribution >= 0.6 is 0 Å². The van der Waals surface area contributed by atoms with Gasteiger partial charge in [-0.1, -0.05) is 25.1 Å². The molecule has 2 aromatic rings. The molecule has 1 unspecified atom stereocenters. The van der Waals surface area contributed by atoms with Crippen LogP contribution in [0, 0.1) is 0 Å². The highest BCUT2D eigenvalue weighted by atomic mass is 16.5. The van der Waals surface area contributed by atoms with Crippen LogP contribution in [-0.4, -0.2) is 23.1 Å². The highest BCUT2D eigenvalue weighted by Gasteiger charge is 2.22. The number of aryl methyl sites for hydroxylation is 1. The van der Waals surface area contributed by atoms with Gasteiger partial charge in [-0.05, 0) is 37.4 Å². The van der Waals surface area contributed by atoms with Crippen LogP contribution in [0.1, 0.15) is 42.6 Å². The molecule has 1 aromatic heterocycles. The molecule has 0 radical (unpaired) electrons. The SMILES string of the molecule is CCCNC(c1ccncn1)c1cccc2c1OCCC2. The average molecular weight is 283 g/mol. The molecule has 4 heteroatoms. The van der Waals surface area contributed by atoms with Crippen molar-refractivity contribution in [1.29, 1.82) is 0 Å². The Morgan fingerprint density at radius 2 is 2.29 bits per heavy atom. The molecule has 0 bridgehead atoms. The number of benzene rings is 1. The van der Waals surface area contributed by atoms with Crippen LogP contribution in [0.4, 0.5) is 0 Å². The van der Waals surface area contributed by atoms with Gasteiger partial charge in [-0.25, -0.2) is 9.97 Å². The molecule has 2 heterocycles. The van der Waals surface area contributed by atoms with Gasteiger partial charge in [0.15, 0.2) is 0 Å². The lowest BCUT2D eigenvalue weighted by molar-refractivity contribution is 0.283. The molecular weight excluding hydrogens is 262 g/mol. The molecule has 110 valence electrons. The summed E-state index contributed by atoms with van der Waals surface area (Å²) in [6.45, 7) is 3.91. The third-order valence-electron chi connectivity index (χ3n) is 3.77. The van der Waals surface area contributed by atoms with Crippen molar-refractivity contribution in [3.8, 4) is 5.75 Å². The normalized spacial score (nSPS) is 15.1. The molecule has 21 heavy (non-hydrogen) atoms. The fraction of sp³-hybridized carbons (Fsp3) is 0.412. The topological polar surface area (TPSA) is 47.0 Å². The summed E-state index contributed by atoms with van der Waals surface area (Å²) in [5, 5.41) is 3.58. The first-order chi connectivity index (χ1) is 10.4. The number of fused-ring (bicyclic) bond motifs is 1. The maximum atomic E-state index is 5.95. The molecule has 1 aliphatic rings.